The highest BCUT2D eigenvalue weighted by molar-refractivity contribution is 7.09. The van der Waals surface area contributed by atoms with Crippen LogP contribution in [0.3, 0.4) is 0 Å². The number of carbonyl (C=O) groups excluding carboxylic acids is 1. The van der Waals surface area contributed by atoms with Gasteiger partial charge in [0.1, 0.15) is 6.61 Å². The normalized spacial score (nSPS) is 19.3. The van der Waals surface area contributed by atoms with Gasteiger partial charge in [0.25, 0.3) is 0 Å². The standard InChI is InChI=1S/C13H20N2O3S/c16-12(14-5-4-13-15-6-8-19-13)10-17-9-11-3-1-2-7-18-11/h6,8,11H,1-5,7,9-10H2,(H,14,16)/t11-/m1/s1. The van der Waals surface area contributed by atoms with Crippen molar-refractivity contribution in [1.29, 1.82) is 0 Å². The fraction of sp³-hybridized carbons (Fsp3) is 0.692. The van der Waals surface area contributed by atoms with Crippen molar-refractivity contribution in [3.8, 4) is 0 Å². The molecule has 1 aromatic heterocycles. The van der Waals surface area contributed by atoms with E-state index in [1.807, 2.05) is 5.38 Å². The maximum atomic E-state index is 11.5. The van der Waals surface area contributed by atoms with Gasteiger partial charge in [0.2, 0.25) is 5.91 Å². The Labute approximate surface area is 117 Å². The van der Waals surface area contributed by atoms with E-state index in [1.165, 1.54) is 6.42 Å². The van der Waals surface area contributed by atoms with Gasteiger partial charge in [-0.05, 0) is 19.3 Å². The van der Waals surface area contributed by atoms with E-state index >= 15 is 0 Å². The van der Waals surface area contributed by atoms with E-state index in [1.54, 1.807) is 17.5 Å². The minimum absolute atomic E-state index is 0.0765. The zero-order valence-corrected chi connectivity index (χ0v) is 11.8. The van der Waals surface area contributed by atoms with Crippen LogP contribution in [0.5, 0.6) is 0 Å². The summed E-state index contributed by atoms with van der Waals surface area (Å²) in [4.78, 5) is 15.7. The number of aromatic nitrogens is 1. The Hall–Kier alpha value is -0.980. The van der Waals surface area contributed by atoms with Gasteiger partial charge in [0.15, 0.2) is 0 Å². The van der Waals surface area contributed by atoms with Gasteiger partial charge in [0, 0.05) is 31.1 Å². The smallest absolute Gasteiger partial charge is 0.246 e. The maximum Gasteiger partial charge on any atom is 0.246 e. The summed E-state index contributed by atoms with van der Waals surface area (Å²) in [7, 11) is 0. The largest absolute Gasteiger partial charge is 0.376 e. The van der Waals surface area contributed by atoms with Gasteiger partial charge in [-0.25, -0.2) is 4.98 Å². The van der Waals surface area contributed by atoms with Gasteiger partial charge in [-0.3, -0.25) is 4.79 Å². The van der Waals surface area contributed by atoms with Gasteiger partial charge < -0.3 is 14.8 Å². The lowest BCUT2D eigenvalue weighted by Crippen LogP contribution is -2.32. The average molecular weight is 284 g/mol. The van der Waals surface area contributed by atoms with Crippen molar-refractivity contribution in [2.75, 3.05) is 26.4 Å². The Balaban J connectivity index is 1.49. The number of amides is 1. The van der Waals surface area contributed by atoms with Crippen LogP contribution in [0.15, 0.2) is 11.6 Å². The van der Waals surface area contributed by atoms with Gasteiger partial charge in [0.05, 0.1) is 17.7 Å². The molecule has 0 bridgehead atoms. The van der Waals surface area contributed by atoms with Crippen LogP contribution in [0.2, 0.25) is 0 Å². The molecule has 1 fully saturated rings. The molecule has 1 atom stereocenters. The van der Waals surface area contributed by atoms with Crippen LogP contribution in [-0.4, -0.2) is 43.4 Å². The average Bonchev–Trinajstić information content (AvgIpc) is 2.93. The lowest BCUT2D eigenvalue weighted by atomic mass is 10.1. The number of nitrogens with one attached hydrogen (secondary N) is 1. The highest BCUT2D eigenvalue weighted by Gasteiger charge is 2.14. The lowest BCUT2D eigenvalue weighted by Gasteiger charge is -2.22. The molecule has 1 aliphatic heterocycles. The molecule has 19 heavy (non-hydrogen) atoms. The van der Waals surface area contributed by atoms with E-state index in [2.05, 4.69) is 10.3 Å². The second-order valence-corrected chi connectivity index (χ2v) is 5.51. The summed E-state index contributed by atoms with van der Waals surface area (Å²) in [5.74, 6) is -0.0765. The van der Waals surface area contributed by atoms with Crippen LogP contribution in [0.25, 0.3) is 0 Å². The van der Waals surface area contributed by atoms with E-state index in [-0.39, 0.29) is 18.6 Å². The van der Waals surface area contributed by atoms with Gasteiger partial charge in [-0.15, -0.1) is 11.3 Å². The number of carbonyl (C=O) groups is 1. The van der Waals surface area contributed by atoms with Crippen molar-refractivity contribution < 1.29 is 14.3 Å². The number of hydrogen-bond acceptors (Lipinski definition) is 5. The molecule has 5 nitrogen and oxygen atoms in total. The minimum Gasteiger partial charge on any atom is -0.376 e. The molecule has 0 aromatic carbocycles. The molecule has 0 saturated carbocycles. The van der Waals surface area contributed by atoms with Crippen LogP contribution in [-0.2, 0) is 20.7 Å². The van der Waals surface area contributed by atoms with E-state index in [9.17, 15) is 4.79 Å². The van der Waals surface area contributed by atoms with Crippen molar-refractivity contribution >= 4 is 17.2 Å². The van der Waals surface area contributed by atoms with E-state index in [0.717, 1.165) is 30.9 Å². The number of thiazole rings is 1. The fourth-order valence-corrected chi connectivity index (χ4v) is 2.58. The van der Waals surface area contributed by atoms with Crippen LogP contribution in [0.1, 0.15) is 24.3 Å². The topological polar surface area (TPSA) is 60.5 Å². The lowest BCUT2D eigenvalue weighted by molar-refractivity contribution is -0.127. The van der Waals surface area contributed by atoms with E-state index < -0.39 is 0 Å². The Kier molecular flexibility index (Phi) is 6.26. The first-order valence-electron chi connectivity index (χ1n) is 6.69. The Bertz CT molecular complexity index is 364. The molecule has 0 spiro atoms. The predicted octanol–water partition coefficient (Wildman–Crippen LogP) is 1.39. The molecule has 2 heterocycles. The number of nitrogens with zero attached hydrogens (tertiary/aromatic N) is 1. The minimum atomic E-state index is -0.0765. The third kappa shape index (κ3) is 5.67. The molecule has 6 heteroatoms. The van der Waals surface area contributed by atoms with Crippen LogP contribution in [0, 0.1) is 0 Å². The fourth-order valence-electron chi connectivity index (χ4n) is 1.96. The van der Waals surface area contributed by atoms with Gasteiger partial charge in [-0.2, -0.15) is 0 Å². The molecule has 0 radical (unpaired) electrons. The Morgan fingerprint density at radius 1 is 1.58 bits per heavy atom. The molecule has 1 N–H and O–H groups in total. The van der Waals surface area contributed by atoms with Crippen LogP contribution >= 0.6 is 11.3 Å². The van der Waals surface area contributed by atoms with Crippen molar-refractivity contribution in [3.63, 3.8) is 0 Å². The molecule has 1 aliphatic rings. The molecular formula is C13H20N2O3S. The summed E-state index contributed by atoms with van der Waals surface area (Å²) in [6.45, 7) is 2.04. The SMILES string of the molecule is O=C(COC[C@H]1CCCCO1)NCCc1nccs1. The zero-order valence-electron chi connectivity index (χ0n) is 11.0. The quantitative estimate of drug-likeness (QED) is 0.822. The number of hydrogen-bond donors (Lipinski definition) is 1. The highest BCUT2D eigenvalue weighted by Crippen LogP contribution is 2.12. The number of ether oxygens (including phenoxy) is 2. The molecule has 106 valence electrons. The monoisotopic (exact) mass is 284 g/mol. The molecule has 1 saturated heterocycles. The Morgan fingerprint density at radius 2 is 2.53 bits per heavy atom. The second-order valence-electron chi connectivity index (χ2n) is 4.53. The summed E-state index contributed by atoms with van der Waals surface area (Å²) < 4.78 is 10.9. The van der Waals surface area contributed by atoms with E-state index in [0.29, 0.717) is 13.2 Å². The van der Waals surface area contributed by atoms with Gasteiger partial charge >= 0.3 is 0 Å². The van der Waals surface area contributed by atoms with Crippen LogP contribution < -0.4 is 5.32 Å². The summed E-state index contributed by atoms with van der Waals surface area (Å²) >= 11 is 1.60. The molecule has 2 rings (SSSR count). The third-order valence-corrected chi connectivity index (χ3v) is 3.79. The third-order valence-electron chi connectivity index (χ3n) is 2.96. The first-order valence-corrected chi connectivity index (χ1v) is 7.57. The number of rotatable bonds is 7. The Morgan fingerprint density at radius 3 is 3.26 bits per heavy atom. The van der Waals surface area contributed by atoms with Crippen molar-refractivity contribution in [2.24, 2.45) is 0 Å². The first kappa shape index (κ1) is 14.4. The molecular weight excluding hydrogens is 264 g/mol. The molecule has 0 unspecified atom stereocenters. The van der Waals surface area contributed by atoms with Crippen LogP contribution in [0.4, 0.5) is 0 Å². The predicted molar refractivity (Wildman–Crippen MR) is 73.2 cm³/mol. The van der Waals surface area contributed by atoms with Crippen molar-refractivity contribution in [2.45, 2.75) is 31.8 Å². The molecule has 1 amide bonds. The van der Waals surface area contributed by atoms with E-state index in [4.69, 9.17) is 9.47 Å². The molecule has 1 aromatic rings. The first-order chi connectivity index (χ1) is 9.34. The second kappa shape index (κ2) is 8.24. The maximum absolute atomic E-state index is 11.5. The van der Waals surface area contributed by atoms with Crippen molar-refractivity contribution in [1.82, 2.24) is 10.3 Å². The highest BCUT2D eigenvalue weighted by atomic mass is 32.1. The van der Waals surface area contributed by atoms with Gasteiger partial charge in [-0.1, -0.05) is 0 Å². The summed E-state index contributed by atoms with van der Waals surface area (Å²) in [6, 6.07) is 0. The summed E-state index contributed by atoms with van der Waals surface area (Å²) in [5, 5.41) is 5.79. The summed E-state index contributed by atoms with van der Waals surface area (Å²) in [6.07, 6.45) is 6.06. The molecule has 0 aliphatic carbocycles. The van der Waals surface area contributed by atoms with Crippen molar-refractivity contribution in [3.05, 3.63) is 16.6 Å². The summed E-state index contributed by atoms with van der Waals surface area (Å²) in [5.41, 5.74) is 0. The zero-order chi connectivity index (χ0) is 13.3.